The summed E-state index contributed by atoms with van der Waals surface area (Å²) in [6.07, 6.45) is 1.87. The maximum atomic E-state index is 15.5. The maximum Gasteiger partial charge on any atom is 2.00 e. The zero-order valence-corrected chi connectivity index (χ0v) is 26.3. The summed E-state index contributed by atoms with van der Waals surface area (Å²) in [6.45, 7) is 0. The van der Waals surface area contributed by atoms with Crippen LogP contribution in [0.4, 0.5) is 4.39 Å². The number of halogens is 1. The fourth-order valence-corrected chi connectivity index (χ4v) is 5.90. The number of aliphatic carboxylic acids is 1. The summed E-state index contributed by atoms with van der Waals surface area (Å²) in [6, 6.07) is 18.0. The van der Waals surface area contributed by atoms with Crippen LogP contribution in [0.5, 0.6) is 11.5 Å². The van der Waals surface area contributed by atoms with Crippen LogP contribution >= 0.6 is 23.5 Å². The predicted octanol–water partition coefficient (Wildman–Crippen LogP) is 5.91. The van der Waals surface area contributed by atoms with Crippen molar-refractivity contribution < 1.29 is 34.0 Å². The van der Waals surface area contributed by atoms with Crippen molar-refractivity contribution in [2.45, 2.75) is 44.6 Å². The smallest absolute Gasteiger partial charge is 0.497 e. The van der Waals surface area contributed by atoms with Crippen LogP contribution in [0.15, 0.2) is 92.5 Å². The Labute approximate surface area is 275 Å². The summed E-state index contributed by atoms with van der Waals surface area (Å²) in [5.41, 5.74) is 1.21. The number of benzene rings is 3. The molecular formula is C30H28CaFNO6S2+2. The zero-order chi connectivity index (χ0) is 28.6. The number of carbonyl (C=O) groups is 1. The van der Waals surface area contributed by atoms with Gasteiger partial charge in [0.05, 0.1) is 43.3 Å². The molecule has 0 aliphatic carbocycles. The van der Waals surface area contributed by atoms with Crippen molar-refractivity contribution in [1.29, 1.82) is 0 Å². The van der Waals surface area contributed by atoms with Crippen LogP contribution in [0.3, 0.4) is 0 Å². The van der Waals surface area contributed by atoms with Gasteiger partial charge in [-0.2, -0.15) is 0 Å². The van der Waals surface area contributed by atoms with E-state index >= 15 is 4.39 Å². The molecule has 41 heavy (non-hydrogen) atoms. The van der Waals surface area contributed by atoms with E-state index in [1.165, 1.54) is 35.7 Å². The predicted molar refractivity (Wildman–Crippen MR) is 160 cm³/mol. The molecule has 0 aliphatic heterocycles. The van der Waals surface area contributed by atoms with Crippen molar-refractivity contribution in [3.05, 3.63) is 84.3 Å². The van der Waals surface area contributed by atoms with E-state index in [1.807, 2.05) is 48.5 Å². The fraction of sp³-hybridized carbons (Fsp3) is 0.200. The summed E-state index contributed by atoms with van der Waals surface area (Å²) >= 11 is 2.67. The van der Waals surface area contributed by atoms with E-state index in [2.05, 4.69) is 4.98 Å². The van der Waals surface area contributed by atoms with E-state index in [1.54, 1.807) is 32.6 Å². The number of rotatable bonds is 12. The molecule has 0 bridgehead atoms. The molecule has 208 valence electrons. The molecule has 3 N–H and O–H groups in total. The number of ether oxygens (including phenoxy) is 2. The zero-order valence-electron chi connectivity index (χ0n) is 22.5. The topological polar surface area (TPSA) is 109 Å². The summed E-state index contributed by atoms with van der Waals surface area (Å²) in [5, 5.41) is 29.7. The summed E-state index contributed by atoms with van der Waals surface area (Å²) in [4.78, 5) is 18.2. The van der Waals surface area contributed by atoms with E-state index in [0.717, 1.165) is 9.79 Å². The number of pyridine rings is 1. The fourth-order valence-electron chi connectivity index (χ4n) is 3.93. The first-order valence-corrected chi connectivity index (χ1v) is 13.9. The van der Waals surface area contributed by atoms with Crippen LogP contribution in [0.2, 0.25) is 0 Å². The SMILES string of the molecule is COc1cccc(Sc2cc3ncc(/C=C/[C@@H](O)C[C@@H](O)CC(=O)O)c(Sc4cccc(OC)c4)c3cc2F)c1.[Ca+2]. The minimum atomic E-state index is -1.19. The van der Waals surface area contributed by atoms with Gasteiger partial charge in [0, 0.05) is 38.3 Å². The molecule has 2 atom stereocenters. The standard InChI is InChI=1S/C30H28FNO6S2.Ca/c1-37-21-5-3-7-23(13-21)39-28-16-27-25(15-26(28)31)30(40-24-8-4-6-22(14-24)38-2)18(17-32-27)9-10-19(33)11-20(34)12-29(35)36;/h3-10,13-17,19-20,33-34H,11-12H2,1-2H3,(H,35,36);/q;+2/b10-9+;/t19-,20-;/m1./s1. The van der Waals surface area contributed by atoms with Crippen molar-refractivity contribution in [3.8, 4) is 11.5 Å². The van der Waals surface area contributed by atoms with Gasteiger partial charge in [0.2, 0.25) is 0 Å². The third kappa shape index (κ3) is 9.34. The number of carboxylic acid groups (broad SMARTS) is 1. The molecule has 4 rings (SSSR count). The van der Waals surface area contributed by atoms with Crippen molar-refractivity contribution in [2.75, 3.05) is 14.2 Å². The van der Waals surface area contributed by atoms with E-state index < -0.39 is 30.4 Å². The van der Waals surface area contributed by atoms with Crippen molar-refractivity contribution in [3.63, 3.8) is 0 Å². The Morgan fingerprint density at radius 2 is 1.63 bits per heavy atom. The number of nitrogens with zero attached hydrogens (tertiary/aromatic N) is 1. The average Bonchev–Trinajstić information content (AvgIpc) is 2.93. The van der Waals surface area contributed by atoms with Crippen LogP contribution in [-0.2, 0) is 4.79 Å². The Morgan fingerprint density at radius 1 is 1.00 bits per heavy atom. The van der Waals surface area contributed by atoms with Gasteiger partial charge in [-0.15, -0.1) is 0 Å². The van der Waals surface area contributed by atoms with Gasteiger partial charge in [-0.3, -0.25) is 9.78 Å². The monoisotopic (exact) mass is 621 g/mol. The van der Waals surface area contributed by atoms with Crippen LogP contribution in [0.25, 0.3) is 17.0 Å². The number of aromatic nitrogens is 1. The minimum absolute atomic E-state index is 0. The molecule has 11 heteroatoms. The van der Waals surface area contributed by atoms with Gasteiger partial charge >= 0.3 is 43.7 Å². The Kier molecular flexibility index (Phi) is 12.8. The van der Waals surface area contributed by atoms with Crippen molar-refractivity contribution >= 4 is 84.2 Å². The average molecular weight is 622 g/mol. The molecule has 0 aliphatic rings. The van der Waals surface area contributed by atoms with E-state index in [9.17, 15) is 15.0 Å². The molecule has 0 saturated heterocycles. The first kappa shape index (κ1) is 33.2. The second-order valence-corrected chi connectivity index (χ2v) is 11.0. The molecule has 3 aromatic carbocycles. The molecule has 4 aromatic rings. The normalized spacial score (nSPS) is 12.6. The third-order valence-corrected chi connectivity index (χ3v) is 8.02. The molecule has 1 heterocycles. The van der Waals surface area contributed by atoms with Crippen LogP contribution in [0, 0.1) is 5.82 Å². The molecule has 7 nitrogen and oxygen atoms in total. The largest absolute Gasteiger partial charge is 2.00 e. The van der Waals surface area contributed by atoms with E-state index in [-0.39, 0.29) is 44.2 Å². The minimum Gasteiger partial charge on any atom is -0.497 e. The summed E-state index contributed by atoms with van der Waals surface area (Å²) in [5.74, 6) is -0.209. The first-order chi connectivity index (χ1) is 19.2. The molecule has 0 amide bonds. The number of hydrogen-bond donors (Lipinski definition) is 3. The number of methoxy groups -OCH3 is 2. The molecule has 0 radical (unpaired) electrons. The van der Waals surface area contributed by atoms with Gasteiger partial charge in [0.1, 0.15) is 17.3 Å². The second-order valence-electron chi connectivity index (χ2n) is 8.82. The molecule has 0 spiro atoms. The van der Waals surface area contributed by atoms with Crippen LogP contribution < -0.4 is 9.47 Å². The van der Waals surface area contributed by atoms with E-state index in [0.29, 0.717) is 37.8 Å². The Hall–Kier alpha value is -2.31. The number of aliphatic hydroxyl groups is 2. The number of fused-ring (bicyclic) bond motifs is 1. The Balaban J connectivity index is 0.00000462. The van der Waals surface area contributed by atoms with Crippen molar-refractivity contribution in [1.82, 2.24) is 4.98 Å². The molecule has 0 fully saturated rings. The first-order valence-electron chi connectivity index (χ1n) is 12.3. The Bertz CT molecular complexity index is 1540. The maximum absolute atomic E-state index is 15.5. The van der Waals surface area contributed by atoms with Gasteiger partial charge in [-0.25, -0.2) is 4.39 Å². The summed E-state index contributed by atoms with van der Waals surface area (Å²) in [7, 11) is 3.16. The second kappa shape index (κ2) is 15.8. The molecule has 1 aromatic heterocycles. The number of aliphatic hydroxyl groups excluding tert-OH is 2. The van der Waals surface area contributed by atoms with Gasteiger partial charge in [-0.05, 0) is 48.5 Å². The molecule has 0 unspecified atom stereocenters. The quantitative estimate of drug-likeness (QED) is 0.166. The Morgan fingerprint density at radius 3 is 2.24 bits per heavy atom. The summed E-state index contributed by atoms with van der Waals surface area (Å²) < 4.78 is 26.1. The van der Waals surface area contributed by atoms with Gasteiger partial charge in [0.25, 0.3) is 0 Å². The number of hydrogen-bond acceptors (Lipinski definition) is 8. The third-order valence-electron chi connectivity index (χ3n) is 5.85. The van der Waals surface area contributed by atoms with E-state index in [4.69, 9.17) is 14.6 Å². The van der Waals surface area contributed by atoms with Gasteiger partial charge in [-0.1, -0.05) is 47.8 Å². The van der Waals surface area contributed by atoms with Gasteiger partial charge < -0.3 is 24.8 Å². The molecule has 0 saturated carbocycles. The van der Waals surface area contributed by atoms with Crippen molar-refractivity contribution in [2.24, 2.45) is 0 Å². The van der Waals surface area contributed by atoms with Crippen LogP contribution in [0.1, 0.15) is 18.4 Å². The van der Waals surface area contributed by atoms with Gasteiger partial charge in [0.15, 0.2) is 0 Å². The molecular weight excluding hydrogens is 594 g/mol. The van der Waals surface area contributed by atoms with Crippen LogP contribution in [-0.4, -0.2) is 90.4 Å². The number of carboxylic acids is 1.